The van der Waals surface area contributed by atoms with Crippen LogP contribution in [0.25, 0.3) is 0 Å². The molecule has 2 N–H and O–H groups in total. The number of rotatable bonds is 6. The third-order valence-corrected chi connectivity index (χ3v) is 5.99. The Hall–Kier alpha value is -0.850. The second-order valence-electron chi connectivity index (χ2n) is 6.66. The van der Waals surface area contributed by atoms with E-state index in [0.717, 1.165) is 12.8 Å². The molecule has 5 nitrogen and oxygen atoms in total. The van der Waals surface area contributed by atoms with Gasteiger partial charge in [-0.25, -0.2) is 13.1 Å². The van der Waals surface area contributed by atoms with E-state index in [1.54, 1.807) is 12.1 Å². The smallest absolute Gasteiger partial charge is 0.274 e. The molecule has 21 heavy (non-hydrogen) atoms. The molecule has 2 fully saturated rings. The van der Waals surface area contributed by atoms with E-state index in [2.05, 4.69) is 10.0 Å². The summed E-state index contributed by atoms with van der Waals surface area (Å²) in [6, 6.07) is 3.70. The van der Waals surface area contributed by atoms with E-state index >= 15 is 0 Å². The second-order valence-corrected chi connectivity index (χ2v) is 8.30. The second kappa shape index (κ2) is 5.74. The van der Waals surface area contributed by atoms with E-state index in [4.69, 9.17) is 4.42 Å². The summed E-state index contributed by atoms with van der Waals surface area (Å²) in [6.45, 7) is 4.62. The van der Waals surface area contributed by atoms with Gasteiger partial charge < -0.3 is 9.73 Å². The van der Waals surface area contributed by atoms with Gasteiger partial charge in [-0.15, -0.1) is 0 Å². The molecule has 2 saturated carbocycles. The molecule has 3 atom stereocenters. The van der Waals surface area contributed by atoms with E-state index in [1.807, 2.05) is 13.8 Å². The van der Waals surface area contributed by atoms with Gasteiger partial charge in [0.1, 0.15) is 5.76 Å². The first-order chi connectivity index (χ1) is 9.94. The first kappa shape index (κ1) is 15.1. The average Bonchev–Trinajstić information content (AvgIpc) is 3.12. The third-order valence-electron chi connectivity index (χ3n) is 4.63. The minimum atomic E-state index is -3.53. The van der Waals surface area contributed by atoms with Gasteiger partial charge in [0.25, 0.3) is 10.0 Å². The Morgan fingerprint density at radius 2 is 2.10 bits per heavy atom. The fourth-order valence-electron chi connectivity index (χ4n) is 3.55. The first-order valence-electron chi connectivity index (χ1n) is 7.78. The van der Waals surface area contributed by atoms with Crippen molar-refractivity contribution in [2.45, 2.75) is 63.3 Å². The van der Waals surface area contributed by atoms with Crippen LogP contribution in [0.2, 0.25) is 0 Å². The number of hydrogen-bond acceptors (Lipinski definition) is 4. The van der Waals surface area contributed by atoms with Crippen LogP contribution in [0.1, 0.15) is 45.3 Å². The lowest BCUT2D eigenvalue weighted by Gasteiger charge is -2.21. The van der Waals surface area contributed by atoms with Gasteiger partial charge in [-0.2, -0.15) is 0 Å². The van der Waals surface area contributed by atoms with Crippen LogP contribution >= 0.6 is 0 Å². The molecule has 3 rings (SSSR count). The average molecular weight is 312 g/mol. The van der Waals surface area contributed by atoms with Gasteiger partial charge in [0.05, 0.1) is 6.54 Å². The normalized spacial score (nSPS) is 28.6. The van der Waals surface area contributed by atoms with Crippen molar-refractivity contribution in [2.75, 3.05) is 0 Å². The van der Waals surface area contributed by atoms with Crippen molar-refractivity contribution in [1.82, 2.24) is 10.0 Å². The molecule has 0 aliphatic heterocycles. The van der Waals surface area contributed by atoms with E-state index in [0.29, 0.717) is 30.2 Å². The molecule has 0 spiro atoms. The predicted octanol–water partition coefficient (Wildman–Crippen LogP) is 2.24. The summed E-state index contributed by atoms with van der Waals surface area (Å²) < 4.78 is 33.1. The number of fused-ring (bicyclic) bond motifs is 2. The first-order valence-corrected chi connectivity index (χ1v) is 9.27. The standard InChI is InChI=1S/C15H24N2O3S/c1-10(2)16-9-13-5-6-15(20-13)21(18,19)17-14-8-11-3-4-12(14)7-11/h5-6,10-12,14,16-17H,3-4,7-9H2,1-2H3. The van der Waals surface area contributed by atoms with Gasteiger partial charge in [-0.05, 0) is 43.2 Å². The Bertz CT molecular complexity index is 594. The van der Waals surface area contributed by atoms with E-state index in [9.17, 15) is 8.42 Å². The SMILES string of the molecule is CC(C)NCc1ccc(S(=O)(=O)NC2CC3CCC2C3)o1. The van der Waals surface area contributed by atoms with Crippen LogP contribution in [0.4, 0.5) is 0 Å². The van der Waals surface area contributed by atoms with Gasteiger partial charge in [-0.3, -0.25) is 0 Å². The Morgan fingerprint density at radius 1 is 1.29 bits per heavy atom. The Labute approximate surface area is 126 Å². The third kappa shape index (κ3) is 3.33. The Morgan fingerprint density at radius 3 is 2.71 bits per heavy atom. The van der Waals surface area contributed by atoms with Crippen molar-refractivity contribution in [3.8, 4) is 0 Å². The predicted molar refractivity (Wildman–Crippen MR) is 80.2 cm³/mol. The molecule has 0 saturated heterocycles. The fourth-order valence-corrected chi connectivity index (χ4v) is 4.82. The maximum Gasteiger partial charge on any atom is 0.274 e. The number of sulfonamides is 1. The van der Waals surface area contributed by atoms with Gasteiger partial charge in [-0.1, -0.05) is 20.3 Å². The molecule has 0 aromatic carbocycles. The monoisotopic (exact) mass is 312 g/mol. The molecule has 6 heteroatoms. The van der Waals surface area contributed by atoms with Crippen LogP contribution in [0, 0.1) is 11.8 Å². The molecule has 1 heterocycles. The number of hydrogen-bond donors (Lipinski definition) is 2. The molecule has 1 aromatic heterocycles. The minimum Gasteiger partial charge on any atom is -0.447 e. The lowest BCUT2D eigenvalue weighted by atomic mass is 9.96. The summed E-state index contributed by atoms with van der Waals surface area (Å²) in [5, 5.41) is 3.25. The highest BCUT2D eigenvalue weighted by atomic mass is 32.2. The molecule has 0 amide bonds. The molecule has 0 radical (unpaired) electrons. The lowest BCUT2D eigenvalue weighted by molar-refractivity contribution is 0.370. The topological polar surface area (TPSA) is 71.3 Å². The highest BCUT2D eigenvalue weighted by molar-refractivity contribution is 7.89. The van der Waals surface area contributed by atoms with Crippen LogP contribution in [0.5, 0.6) is 0 Å². The zero-order valence-electron chi connectivity index (χ0n) is 12.6. The number of furan rings is 1. The maximum atomic E-state index is 12.4. The maximum absolute atomic E-state index is 12.4. The summed E-state index contributed by atoms with van der Waals surface area (Å²) in [5.74, 6) is 1.88. The van der Waals surface area contributed by atoms with Crippen molar-refractivity contribution in [2.24, 2.45) is 11.8 Å². The van der Waals surface area contributed by atoms with Crippen LogP contribution in [-0.4, -0.2) is 20.5 Å². The molecule has 3 unspecified atom stereocenters. The molecule has 2 bridgehead atoms. The molecule has 1 aromatic rings. The van der Waals surface area contributed by atoms with Gasteiger partial charge in [0.2, 0.25) is 5.09 Å². The van der Waals surface area contributed by atoms with Crippen LogP contribution in [-0.2, 0) is 16.6 Å². The van der Waals surface area contributed by atoms with Crippen molar-refractivity contribution in [1.29, 1.82) is 0 Å². The van der Waals surface area contributed by atoms with E-state index < -0.39 is 10.0 Å². The minimum absolute atomic E-state index is 0.0332. The lowest BCUT2D eigenvalue weighted by Crippen LogP contribution is -2.38. The Balaban J connectivity index is 1.64. The summed E-state index contributed by atoms with van der Waals surface area (Å²) in [4.78, 5) is 0. The van der Waals surface area contributed by atoms with Crippen molar-refractivity contribution in [3.63, 3.8) is 0 Å². The summed E-state index contributed by atoms with van der Waals surface area (Å²) in [7, 11) is -3.53. The van der Waals surface area contributed by atoms with Gasteiger partial charge >= 0.3 is 0 Å². The zero-order chi connectivity index (χ0) is 15.0. The highest BCUT2D eigenvalue weighted by Gasteiger charge is 2.41. The van der Waals surface area contributed by atoms with Crippen molar-refractivity contribution < 1.29 is 12.8 Å². The molecule has 2 aliphatic rings. The fraction of sp³-hybridized carbons (Fsp3) is 0.733. The highest BCUT2D eigenvalue weighted by Crippen LogP contribution is 2.44. The van der Waals surface area contributed by atoms with E-state index in [-0.39, 0.29) is 11.1 Å². The Kier molecular flexibility index (Phi) is 4.12. The van der Waals surface area contributed by atoms with Crippen molar-refractivity contribution in [3.05, 3.63) is 17.9 Å². The molecule has 118 valence electrons. The summed E-state index contributed by atoms with van der Waals surface area (Å²) in [6.07, 6.45) is 4.56. The van der Waals surface area contributed by atoms with Crippen LogP contribution in [0.15, 0.2) is 21.6 Å². The quantitative estimate of drug-likeness (QED) is 0.845. The molecular formula is C15H24N2O3S. The largest absolute Gasteiger partial charge is 0.447 e. The summed E-state index contributed by atoms with van der Waals surface area (Å²) >= 11 is 0. The van der Waals surface area contributed by atoms with E-state index in [1.165, 1.54) is 12.8 Å². The van der Waals surface area contributed by atoms with Gasteiger partial charge in [0.15, 0.2) is 0 Å². The zero-order valence-corrected chi connectivity index (χ0v) is 13.4. The molecular weight excluding hydrogens is 288 g/mol. The summed E-state index contributed by atoms with van der Waals surface area (Å²) in [5.41, 5.74) is 0. The van der Waals surface area contributed by atoms with Crippen LogP contribution < -0.4 is 10.0 Å². The molecule has 2 aliphatic carbocycles. The van der Waals surface area contributed by atoms with Crippen LogP contribution in [0.3, 0.4) is 0 Å². The van der Waals surface area contributed by atoms with Crippen molar-refractivity contribution >= 4 is 10.0 Å². The van der Waals surface area contributed by atoms with Gasteiger partial charge in [0, 0.05) is 12.1 Å². The number of nitrogens with one attached hydrogen (secondary N) is 2.